The van der Waals surface area contributed by atoms with E-state index in [4.69, 9.17) is 0 Å². The van der Waals surface area contributed by atoms with Gasteiger partial charge in [-0.25, -0.2) is 4.39 Å². The SMILES string of the molecule is Cc1ccc(NC(=O)c2ccc(=O)n(-c3ccc(F)cc3)n2)c(Br)c1. The Morgan fingerprint density at radius 3 is 2.52 bits per heavy atom. The molecule has 3 aromatic rings. The van der Waals surface area contributed by atoms with Crippen molar-refractivity contribution in [3.05, 3.63) is 86.5 Å². The third-order valence-electron chi connectivity index (χ3n) is 3.48. The van der Waals surface area contributed by atoms with E-state index in [0.29, 0.717) is 11.4 Å². The van der Waals surface area contributed by atoms with Crippen molar-refractivity contribution < 1.29 is 9.18 Å². The van der Waals surface area contributed by atoms with E-state index in [0.717, 1.165) is 14.7 Å². The van der Waals surface area contributed by atoms with Crippen LogP contribution in [0.1, 0.15) is 16.1 Å². The smallest absolute Gasteiger partial charge is 0.276 e. The maximum absolute atomic E-state index is 13.0. The van der Waals surface area contributed by atoms with E-state index in [9.17, 15) is 14.0 Å². The van der Waals surface area contributed by atoms with Gasteiger partial charge in [-0.05, 0) is 70.9 Å². The largest absolute Gasteiger partial charge is 0.320 e. The minimum Gasteiger partial charge on any atom is -0.320 e. The first kappa shape index (κ1) is 17.0. The fourth-order valence-corrected chi connectivity index (χ4v) is 2.80. The Kier molecular flexibility index (Phi) is 4.76. The van der Waals surface area contributed by atoms with Gasteiger partial charge in [0.05, 0.1) is 11.4 Å². The topological polar surface area (TPSA) is 64.0 Å². The molecule has 0 aliphatic rings. The Labute approximate surface area is 151 Å². The van der Waals surface area contributed by atoms with Gasteiger partial charge in [-0.2, -0.15) is 9.78 Å². The Morgan fingerprint density at radius 2 is 1.84 bits per heavy atom. The second-order valence-electron chi connectivity index (χ2n) is 5.38. The average molecular weight is 402 g/mol. The van der Waals surface area contributed by atoms with Gasteiger partial charge in [-0.1, -0.05) is 6.07 Å². The van der Waals surface area contributed by atoms with Crippen LogP contribution in [0.25, 0.3) is 5.69 Å². The molecule has 0 atom stereocenters. The number of anilines is 1. The minimum atomic E-state index is -0.458. The summed E-state index contributed by atoms with van der Waals surface area (Å²) in [7, 11) is 0. The molecule has 1 heterocycles. The van der Waals surface area contributed by atoms with E-state index < -0.39 is 17.3 Å². The normalized spacial score (nSPS) is 10.5. The molecule has 0 aliphatic heterocycles. The number of carbonyl (C=O) groups excluding carboxylic acids is 1. The zero-order valence-corrected chi connectivity index (χ0v) is 14.7. The number of aryl methyl sites for hydroxylation is 1. The Hall–Kier alpha value is -2.80. The second-order valence-corrected chi connectivity index (χ2v) is 6.24. The molecule has 1 aromatic heterocycles. The molecule has 25 heavy (non-hydrogen) atoms. The molecule has 0 aliphatic carbocycles. The number of hydrogen-bond donors (Lipinski definition) is 1. The lowest BCUT2D eigenvalue weighted by Gasteiger charge is -2.09. The lowest BCUT2D eigenvalue weighted by Crippen LogP contribution is -2.25. The van der Waals surface area contributed by atoms with E-state index in [1.165, 1.54) is 36.4 Å². The van der Waals surface area contributed by atoms with Gasteiger partial charge in [-0.15, -0.1) is 0 Å². The second kappa shape index (κ2) is 6.98. The summed E-state index contributed by atoms with van der Waals surface area (Å²) in [5.41, 5.74) is 1.67. The monoisotopic (exact) mass is 401 g/mol. The number of aromatic nitrogens is 2. The summed E-state index contributed by atoms with van der Waals surface area (Å²) in [6.45, 7) is 1.94. The number of nitrogens with one attached hydrogen (secondary N) is 1. The Morgan fingerprint density at radius 1 is 1.12 bits per heavy atom. The summed E-state index contributed by atoms with van der Waals surface area (Å²) >= 11 is 3.39. The van der Waals surface area contributed by atoms with E-state index in [-0.39, 0.29) is 5.69 Å². The van der Waals surface area contributed by atoms with Gasteiger partial charge in [-0.3, -0.25) is 9.59 Å². The summed E-state index contributed by atoms with van der Waals surface area (Å²) < 4.78 is 14.8. The van der Waals surface area contributed by atoms with E-state index >= 15 is 0 Å². The highest BCUT2D eigenvalue weighted by Crippen LogP contribution is 2.23. The lowest BCUT2D eigenvalue weighted by atomic mass is 10.2. The van der Waals surface area contributed by atoms with Crippen LogP contribution in [0, 0.1) is 12.7 Å². The highest BCUT2D eigenvalue weighted by molar-refractivity contribution is 9.10. The van der Waals surface area contributed by atoms with E-state index in [2.05, 4.69) is 26.3 Å². The number of halogens is 2. The first-order chi connectivity index (χ1) is 11.9. The van der Waals surface area contributed by atoms with Crippen molar-refractivity contribution in [2.24, 2.45) is 0 Å². The third kappa shape index (κ3) is 3.83. The summed E-state index contributed by atoms with van der Waals surface area (Å²) in [6.07, 6.45) is 0. The lowest BCUT2D eigenvalue weighted by molar-refractivity contribution is 0.102. The predicted octanol–water partition coefficient (Wildman–Crippen LogP) is 3.69. The van der Waals surface area contributed by atoms with Gasteiger partial charge >= 0.3 is 0 Å². The van der Waals surface area contributed by atoms with Crippen LogP contribution in [0.4, 0.5) is 10.1 Å². The number of amides is 1. The molecule has 0 radical (unpaired) electrons. The van der Waals surface area contributed by atoms with Crippen LogP contribution in [0.15, 0.2) is 63.9 Å². The molecular formula is C18H13BrFN3O2. The number of rotatable bonds is 3. The fraction of sp³-hybridized carbons (Fsp3) is 0.0556. The van der Waals surface area contributed by atoms with Crippen LogP contribution in [-0.4, -0.2) is 15.7 Å². The van der Waals surface area contributed by atoms with Gasteiger partial charge in [0.15, 0.2) is 0 Å². The van der Waals surface area contributed by atoms with Crippen LogP contribution in [0.3, 0.4) is 0 Å². The molecular weight excluding hydrogens is 389 g/mol. The standard InChI is InChI=1S/C18H13BrFN3O2/c1-11-2-7-15(14(19)10-11)21-18(25)16-8-9-17(24)23(22-16)13-5-3-12(20)4-6-13/h2-10H,1H3,(H,21,25). The third-order valence-corrected chi connectivity index (χ3v) is 4.13. The van der Waals surface area contributed by atoms with Crippen LogP contribution in [0.5, 0.6) is 0 Å². The molecule has 3 rings (SSSR count). The van der Waals surface area contributed by atoms with Crippen molar-refractivity contribution in [3.8, 4) is 5.69 Å². The van der Waals surface area contributed by atoms with Crippen molar-refractivity contribution in [3.63, 3.8) is 0 Å². The maximum Gasteiger partial charge on any atom is 0.276 e. The quantitative estimate of drug-likeness (QED) is 0.727. The molecule has 0 saturated carbocycles. The summed E-state index contributed by atoms with van der Waals surface area (Å²) in [6, 6.07) is 13.4. The summed E-state index contributed by atoms with van der Waals surface area (Å²) in [4.78, 5) is 24.4. The van der Waals surface area contributed by atoms with Crippen LogP contribution < -0.4 is 10.9 Å². The summed E-state index contributed by atoms with van der Waals surface area (Å²) in [5, 5.41) is 6.81. The summed E-state index contributed by atoms with van der Waals surface area (Å²) in [5.74, 6) is -0.879. The number of carbonyl (C=O) groups is 1. The van der Waals surface area contributed by atoms with Gasteiger partial charge in [0, 0.05) is 10.5 Å². The van der Waals surface area contributed by atoms with Gasteiger partial charge in [0.1, 0.15) is 11.5 Å². The van der Waals surface area contributed by atoms with E-state index in [1.54, 1.807) is 6.07 Å². The molecule has 1 amide bonds. The van der Waals surface area contributed by atoms with Gasteiger partial charge < -0.3 is 5.32 Å². The van der Waals surface area contributed by atoms with Crippen molar-refractivity contribution >= 4 is 27.5 Å². The van der Waals surface area contributed by atoms with Crippen LogP contribution in [-0.2, 0) is 0 Å². The Balaban J connectivity index is 1.92. The maximum atomic E-state index is 13.0. The zero-order valence-electron chi connectivity index (χ0n) is 13.2. The number of hydrogen-bond acceptors (Lipinski definition) is 3. The van der Waals surface area contributed by atoms with Gasteiger partial charge in [0.25, 0.3) is 11.5 Å². The first-order valence-electron chi connectivity index (χ1n) is 7.38. The van der Waals surface area contributed by atoms with Crippen LogP contribution >= 0.6 is 15.9 Å². The molecule has 5 nitrogen and oxygen atoms in total. The molecule has 126 valence electrons. The van der Waals surface area contributed by atoms with Crippen molar-refractivity contribution in [2.75, 3.05) is 5.32 Å². The van der Waals surface area contributed by atoms with Crippen molar-refractivity contribution in [1.82, 2.24) is 9.78 Å². The first-order valence-corrected chi connectivity index (χ1v) is 8.17. The van der Waals surface area contributed by atoms with E-state index in [1.807, 2.05) is 19.1 Å². The van der Waals surface area contributed by atoms with Crippen LogP contribution in [0.2, 0.25) is 0 Å². The molecule has 0 fully saturated rings. The number of benzene rings is 2. The van der Waals surface area contributed by atoms with Gasteiger partial charge in [0.2, 0.25) is 0 Å². The number of nitrogens with zero attached hydrogens (tertiary/aromatic N) is 2. The average Bonchev–Trinajstić information content (AvgIpc) is 2.58. The zero-order chi connectivity index (χ0) is 18.0. The molecule has 0 unspecified atom stereocenters. The predicted molar refractivity (Wildman–Crippen MR) is 96.6 cm³/mol. The van der Waals surface area contributed by atoms with Crippen molar-refractivity contribution in [2.45, 2.75) is 6.92 Å². The van der Waals surface area contributed by atoms with Crippen molar-refractivity contribution in [1.29, 1.82) is 0 Å². The Bertz CT molecular complexity index is 1000. The molecule has 0 spiro atoms. The minimum absolute atomic E-state index is 0.0661. The molecule has 0 bridgehead atoms. The highest BCUT2D eigenvalue weighted by Gasteiger charge is 2.12. The molecule has 1 N–H and O–H groups in total. The molecule has 2 aromatic carbocycles. The highest BCUT2D eigenvalue weighted by atomic mass is 79.9. The fourth-order valence-electron chi connectivity index (χ4n) is 2.21. The molecule has 0 saturated heterocycles. The molecule has 7 heteroatoms.